The van der Waals surface area contributed by atoms with Crippen molar-refractivity contribution in [2.45, 2.75) is 56.3 Å². The van der Waals surface area contributed by atoms with E-state index in [4.69, 9.17) is 0 Å². The quantitative estimate of drug-likeness (QED) is 0.378. The Labute approximate surface area is 216 Å². The second-order valence-corrected chi connectivity index (χ2v) is 9.64. The number of amides is 1. The molecule has 0 aliphatic carbocycles. The number of hydrogen-bond acceptors (Lipinski definition) is 4. The predicted molar refractivity (Wildman–Crippen MR) is 152 cm³/mol. The molecule has 2 N–H and O–H groups in total. The average molecular weight is 492 g/mol. The second-order valence-electron chi connectivity index (χ2n) is 8.52. The largest absolute Gasteiger partial charge is 0.345 e. The van der Waals surface area contributed by atoms with Gasteiger partial charge in [-0.1, -0.05) is 105 Å². The number of hydrogen-bond donors (Lipinski definition) is 2. The van der Waals surface area contributed by atoms with Crippen molar-refractivity contribution in [2.24, 2.45) is 0 Å². The third-order valence-corrected chi connectivity index (χ3v) is 6.90. The molecule has 0 bridgehead atoms. The Bertz CT molecular complexity index is 940. The molecule has 0 spiro atoms. The number of benzene rings is 3. The van der Waals surface area contributed by atoms with Crippen LogP contribution >= 0.6 is 11.8 Å². The molecule has 1 aliphatic heterocycles. The van der Waals surface area contributed by atoms with Gasteiger partial charge >= 0.3 is 0 Å². The Morgan fingerprint density at radius 1 is 0.886 bits per heavy atom. The number of carbonyl (C=O) groups excluding carboxylic acids is 1. The van der Waals surface area contributed by atoms with Gasteiger partial charge in [0.15, 0.2) is 5.50 Å². The van der Waals surface area contributed by atoms with Gasteiger partial charge in [-0.3, -0.25) is 4.79 Å². The monoisotopic (exact) mass is 491 g/mol. The molecule has 0 radical (unpaired) electrons. The smallest absolute Gasteiger partial charge is 0.219 e. The van der Waals surface area contributed by atoms with Crippen molar-refractivity contribution >= 4 is 23.4 Å². The van der Waals surface area contributed by atoms with Gasteiger partial charge in [0, 0.05) is 24.8 Å². The highest BCUT2D eigenvalue weighted by atomic mass is 32.2. The molecule has 0 aromatic heterocycles. The van der Waals surface area contributed by atoms with Crippen molar-refractivity contribution in [2.75, 3.05) is 25.5 Å². The van der Waals surface area contributed by atoms with E-state index in [0.29, 0.717) is 5.92 Å². The third kappa shape index (κ3) is 9.42. The first-order valence-electron chi connectivity index (χ1n) is 12.5. The SMILES string of the molecule is CC(=O)NC1Sc2ccccc2N1C.CCCC(c1ccccc1)c1ccccc1.CCCNC. The van der Waals surface area contributed by atoms with E-state index >= 15 is 0 Å². The Balaban J connectivity index is 0.000000209. The molecule has 0 fully saturated rings. The van der Waals surface area contributed by atoms with Gasteiger partial charge < -0.3 is 15.5 Å². The molecule has 1 amide bonds. The van der Waals surface area contributed by atoms with E-state index in [2.05, 4.69) is 102 Å². The zero-order chi connectivity index (χ0) is 25.5. The number of nitrogens with zero attached hydrogens (tertiary/aromatic N) is 1. The fourth-order valence-corrected chi connectivity index (χ4v) is 5.14. The van der Waals surface area contributed by atoms with Crippen LogP contribution in [0.5, 0.6) is 0 Å². The van der Waals surface area contributed by atoms with Gasteiger partial charge in [0.2, 0.25) is 5.91 Å². The fraction of sp³-hybridized carbons (Fsp3) is 0.367. The molecule has 0 saturated heterocycles. The van der Waals surface area contributed by atoms with Crippen molar-refractivity contribution in [1.29, 1.82) is 0 Å². The van der Waals surface area contributed by atoms with Crippen LogP contribution in [-0.2, 0) is 4.79 Å². The zero-order valence-electron chi connectivity index (χ0n) is 21.8. The highest BCUT2D eigenvalue weighted by Gasteiger charge is 2.26. The van der Waals surface area contributed by atoms with E-state index < -0.39 is 0 Å². The van der Waals surface area contributed by atoms with Crippen molar-refractivity contribution in [3.8, 4) is 0 Å². The van der Waals surface area contributed by atoms with Crippen LogP contribution in [-0.4, -0.2) is 32.0 Å². The average Bonchev–Trinajstić information content (AvgIpc) is 3.19. The third-order valence-electron chi connectivity index (χ3n) is 5.64. The number of carbonyl (C=O) groups is 1. The fourth-order valence-electron chi connectivity index (χ4n) is 3.91. The highest BCUT2D eigenvalue weighted by Crippen LogP contribution is 2.40. The molecule has 4 nitrogen and oxygen atoms in total. The predicted octanol–water partition coefficient (Wildman–Crippen LogP) is 6.88. The van der Waals surface area contributed by atoms with Gasteiger partial charge in [-0.15, -0.1) is 0 Å². The van der Waals surface area contributed by atoms with Gasteiger partial charge in [0.1, 0.15) is 0 Å². The maximum absolute atomic E-state index is 10.9. The molecule has 1 heterocycles. The van der Waals surface area contributed by atoms with Gasteiger partial charge in [0.05, 0.1) is 5.69 Å². The summed E-state index contributed by atoms with van der Waals surface area (Å²) in [5.74, 6) is 0.551. The molecule has 0 saturated carbocycles. The van der Waals surface area contributed by atoms with Gasteiger partial charge in [-0.2, -0.15) is 0 Å². The number of rotatable bonds is 7. The molecular weight excluding hydrogens is 450 g/mol. The summed E-state index contributed by atoms with van der Waals surface area (Å²) in [6.07, 6.45) is 3.67. The number of fused-ring (bicyclic) bond motifs is 1. The lowest BCUT2D eigenvalue weighted by atomic mass is 9.88. The first-order chi connectivity index (χ1) is 17.0. The summed E-state index contributed by atoms with van der Waals surface area (Å²) in [6.45, 7) is 7.08. The topological polar surface area (TPSA) is 44.4 Å². The van der Waals surface area contributed by atoms with Crippen LogP contribution in [0.1, 0.15) is 57.1 Å². The van der Waals surface area contributed by atoms with Crippen LogP contribution in [0.3, 0.4) is 0 Å². The standard InChI is InChI=1S/C16H18.C10H12N2OS.C4H11N/c1-2-9-16(14-10-5-3-6-11-14)15-12-7-4-8-13-15;1-7(13)11-10-12(2)8-5-3-4-6-9(8)14-10;1-3-4-5-2/h3-8,10-13,16H,2,9H2,1H3;3-6,10H,1-2H3,(H,11,13);5H,3-4H2,1-2H3. The number of para-hydroxylation sites is 1. The Morgan fingerprint density at radius 3 is 1.86 bits per heavy atom. The molecule has 3 aromatic carbocycles. The molecule has 1 unspecified atom stereocenters. The molecule has 5 heteroatoms. The summed E-state index contributed by atoms with van der Waals surface area (Å²) >= 11 is 1.67. The van der Waals surface area contributed by atoms with Crippen molar-refractivity contribution in [3.63, 3.8) is 0 Å². The van der Waals surface area contributed by atoms with E-state index in [1.54, 1.807) is 11.8 Å². The van der Waals surface area contributed by atoms with E-state index in [1.807, 2.05) is 26.2 Å². The Morgan fingerprint density at radius 2 is 1.43 bits per heavy atom. The molecule has 4 rings (SSSR count). The molecule has 188 valence electrons. The number of thioether (sulfide) groups is 1. The minimum Gasteiger partial charge on any atom is -0.345 e. The summed E-state index contributed by atoms with van der Waals surface area (Å²) in [7, 11) is 3.95. The van der Waals surface area contributed by atoms with E-state index in [0.717, 1.165) is 6.54 Å². The molecule has 35 heavy (non-hydrogen) atoms. The number of anilines is 1. The molecule has 3 aromatic rings. The van der Waals surface area contributed by atoms with Crippen LogP contribution in [0.4, 0.5) is 5.69 Å². The van der Waals surface area contributed by atoms with Crippen molar-refractivity contribution in [3.05, 3.63) is 96.1 Å². The highest BCUT2D eigenvalue weighted by molar-refractivity contribution is 8.00. The van der Waals surface area contributed by atoms with Crippen LogP contribution in [0, 0.1) is 0 Å². The van der Waals surface area contributed by atoms with Gasteiger partial charge in [0.25, 0.3) is 0 Å². The first-order valence-corrected chi connectivity index (χ1v) is 13.4. The van der Waals surface area contributed by atoms with Gasteiger partial charge in [-0.25, -0.2) is 0 Å². The Kier molecular flexibility index (Phi) is 13.0. The van der Waals surface area contributed by atoms with Crippen LogP contribution in [0.25, 0.3) is 0 Å². The minimum atomic E-state index is 0.00200. The lowest BCUT2D eigenvalue weighted by Crippen LogP contribution is -2.40. The maximum atomic E-state index is 10.9. The van der Waals surface area contributed by atoms with Crippen molar-refractivity contribution < 1.29 is 4.79 Å². The lowest BCUT2D eigenvalue weighted by Gasteiger charge is -2.21. The van der Waals surface area contributed by atoms with Crippen molar-refractivity contribution in [1.82, 2.24) is 10.6 Å². The molecule has 1 aliphatic rings. The zero-order valence-corrected chi connectivity index (χ0v) is 22.6. The normalized spacial score (nSPS) is 13.8. The van der Waals surface area contributed by atoms with E-state index in [9.17, 15) is 4.79 Å². The summed E-state index contributed by atoms with van der Waals surface area (Å²) in [4.78, 5) is 14.2. The van der Waals surface area contributed by atoms with E-state index in [1.165, 1.54) is 47.9 Å². The molecule has 1 atom stereocenters. The number of nitrogens with one attached hydrogen (secondary N) is 2. The summed E-state index contributed by atoms with van der Waals surface area (Å²) in [5, 5.41) is 5.91. The van der Waals surface area contributed by atoms with E-state index in [-0.39, 0.29) is 11.4 Å². The Hall–Kier alpha value is -2.76. The minimum absolute atomic E-state index is 0.00200. The molecular formula is C30H41N3OS. The van der Waals surface area contributed by atoms with Crippen LogP contribution in [0.2, 0.25) is 0 Å². The van der Waals surface area contributed by atoms with Crippen LogP contribution < -0.4 is 15.5 Å². The van der Waals surface area contributed by atoms with Gasteiger partial charge in [-0.05, 0) is 49.7 Å². The summed E-state index contributed by atoms with van der Waals surface area (Å²) < 4.78 is 0. The maximum Gasteiger partial charge on any atom is 0.219 e. The second kappa shape index (κ2) is 16.0. The van der Waals surface area contributed by atoms with Crippen LogP contribution in [0.15, 0.2) is 89.8 Å². The summed E-state index contributed by atoms with van der Waals surface area (Å²) in [5.41, 5.74) is 4.06. The first kappa shape index (κ1) is 28.5. The lowest BCUT2D eigenvalue weighted by molar-refractivity contribution is -0.119. The summed E-state index contributed by atoms with van der Waals surface area (Å²) in [6, 6.07) is 29.7.